The first-order valence-electron chi connectivity index (χ1n) is 12.0. The SMILES string of the molecule is Cc1ccc(CN(Cc2ccccc2)C(=O)CN(CCCN2CCOCC2)C(=O)C2CC2)o1. The van der Waals surface area contributed by atoms with E-state index in [4.69, 9.17) is 9.15 Å². The fourth-order valence-electron chi connectivity index (χ4n) is 4.22. The molecule has 178 valence electrons. The van der Waals surface area contributed by atoms with E-state index in [1.165, 1.54) is 0 Å². The molecule has 0 atom stereocenters. The molecule has 1 saturated heterocycles. The molecular weight excluding hydrogens is 418 g/mol. The maximum Gasteiger partial charge on any atom is 0.242 e. The number of morpholine rings is 1. The summed E-state index contributed by atoms with van der Waals surface area (Å²) in [6, 6.07) is 13.8. The second-order valence-electron chi connectivity index (χ2n) is 9.09. The highest BCUT2D eigenvalue weighted by atomic mass is 16.5. The summed E-state index contributed by atoms with van der Waals surface area (Å²) in [6.45, 7) is 7.82. The molecule has 2 aliphatic rings. The molecule has 33 heavy (non-hydrogen) atoms. The van der Waals surface area contributed by atoms with Crippen molar-refractivity contribution in [3.8, 4) is 0 Å². The predicted molar refractivity (Wildman–Crippen MR) is 125 cm³/mol. The quantitative estimate of drug-likeness (QED) is 0.523. The van der Waals surface area contributed by atoms with Gasteiger partial charge in [-0.25, -0.2) is 0 Å². The number of aryl methyl sites for hydroxylation is 1. The Balaban J connectivity index is 1.40. The number of nitrogens with zero attached hydrogens (tertiary/aromatic N) is 3. The number of furan rings is 1. The lowest BCUT2D eigenvalue weighted by Crippen LogP contribution is -2.44. The van der Waals surface area contributed by atoms with Crippen LogP contribution < -0.4 is 0 Å². The first kappa shape index (κ1) is 23.5. The second kappa shape index (κ2) is 11.5. The molecule has 0 radical (unpaired) electrons. The molecule has 0 bridgehead atoms. The molecule has 0 unspecified atom stereocenters. The van der Waals surface area contributed by atoms with Gasteiger partial charge in [0.25, 0.3) is 0 Å². The molecule has 0 spiro atoms. The normalized spacial score (nSPS) is 16.5. The summed E-state index contributed by atoms with van der Waals surface area (Å²) in [7, 11) is 0. The van der Waals surface area contributed by atoms with Crippen molar-refractivity contribution in [2.45, 2.75) is 39.3 Å². The van der Waals surface area contributed by atoms with Gasteiger partial charge in [0.2, 0.25) is 11.8 Å². The molecular formula is C26H35N3O4. The van der Waals surface area contributed by atoms with E-state index in [-0.39, 0.29) is 24.3 Å². The van der Waals surface area contributed by atoms with E-state index >= 15 is 0 Å². The Morgan fingerprint density at radius 3 is 2.42 bits per heavy atom. The molecule has 1 aromatic heterocycles. The Hall–Kier alpha value is -2.64. The minimum absolute atomic E-state index is 0.0479. The third-order valence-corrected chi connectivity index (χ3v) is 6.28. The molecule has 2 amide bonds. The molecule has 4 rings (SSSR count). The molecule has 7 heteroatoms. The summed E-state index contributed by atoms with van der Waals surface area (Å²) in [5, 5.41) is 0. The van der Waals surface area contributed by atoms with E-state index in [1.807, 2.05) is 49.4 Å². The van der Waals surface area contributed by atoms with Gasteiger partial charge in [0.05, 0.1) is 26.3 Å². The number of hydrogen-bond acceptors (Lipinski definition) is 5. The van der Waals surface area contributed by atoms with Crippen LogP contribution in [0.2, 0.25) is 0 Å². The summed E-state index contributed by atoms with van der Waals surface area (Å²) in [4.78, 5) is 32.4. The summed E-state index contributed by atoms with van der Waals surface area (Å²) in [5.74, 6) is 1.75. The lowest BCUT2D eigenvalue weighted by atomic mass is 10.2. The number of benzene rings is 1. The number of rotatable bonds is 11. The molecule has 2 heterocycles. The topological polar surface area (TPSA) is 66.2 Å². The summed E-state index contributed by atoms with van der Waals surface area (Å²) in [5.41, 5.74) is 1.06. The maximum atomic E-state index is 13.4. The van der Waals surface area contributed by atoms with Gasteiger partial charge in [-0.2, -0.15) is 0 Å². The van der Waals surface area contributed by atoms with Crippen LogP contribution in [0.4, 0.5) is 0 Å². The minimum Gasteiger partial charge on any atom is -0.464 e. The molecule has 7 nitrogen and oxygen atoms in total. The largest absolute Gasteiger partial charge is 0.464 e. The van der Waals surface area contributed by atoms with Crippen LogP contribution in [0.1, 0.15) is 36.3 Å². The van der Waals surface area contributed by atoms with E-state index in [9.17, 15) is 9.59 Å². The highest BCUT2D eigenvalue weighted by Gasteiger charge is 2.34. The van der Waals surface area contributed by atoms with Crippen LogP contribution in [0.25, 0.3) is 0 Å². The Bertz CT molecular complexity index is 903. The smallest absolute Gasteiger partial charge is 0.242 e. The molecule has 2 fully saturated rings. The summed E-state index contributed by atoms with van der Waals surface area (Å²) in [6.07, 6.45) is 2.74. The fraction of sp³-hybridized carbons (Fsp3) is 0.538. The van der Waals surface area contributed by atoms with Crippen LogP contribution in [0.3, 0.4) is 0 Å². The van der Waals surface area contributed by atoms with Crippen molar-refractivity contribution < 1.29 is 18.7 Å². The van der Waals surface area contributed by atoms with Gasteiger partial charge in [-0.05, 0) is 43.9 Å². The lowest BCUT2D eigenvalue weighted by molar-refractivity contribution is -0.142. The van der Waals surface area contributed by atoms with Crippen molar-refractivity contribution in [1.82, 2.24) is 14.7 Å². The molecule has 0 N–H and O–H groups in total. The van der Waals surface area contributed by atoms with E-state index < -0.39 is 0 Å². The molecule has 2 aromatic rings. The van der Waals surface area contributed by atoms with Crippen LogP contribution >= 0.6 is 0 Å². The highest BCUT2D eigenvalue weighted by Crippen LogP contribution is 2.31. The zero-order valence-corrected chi connectivity index (χ0v) is 19.6. The van der Waals surface area contributed by atoms with Crippen LogP contribution in [-0.4, -0.2) is 72.5 Å². The van der Waals surface area contributed by atoms with Crippen molar-refractivity contribution >= 4 is 11.8 Å². The number of carbonyl (C=O) groups excluding carboxylic acids is 2. The highest BCUT2D eigenvalue weighted by molar-refractivity contribution is 5.87. The van der Waals surface area contributed by atoms with Crippen molar-refractivity contribution in [3.63, 3.8) is 0 Å². The monoisotopic (exact) mass is 453 g/mol. The van der Waals surface area contributed by atoms with E-state index in [0.29, 0.717) is 19.6 Å². The third kappa shape index (κ3) is 7.17. The molecule has 1 aliphatic heterocycles. The van der Waals surface area contributed by atoms with Gasteiger partial charge in [0, 0.05) is 38.6 Å². The maximum absolute atomic E-state index is 13.4. The van der Waals surface area contributed by atoms with Crippen LogP contribution in [0.5, 0.6) is 0 Å². The summed E-state index contributed by atoms with van der Waals surface area (Å²) >= 11 is 0. The van der Waals surface area contributed by atoms with Gasteiger partial charge in [-0.15, -0.1) is 0 Å². The molecule has 1 saturated carbocycles. The number of ether oxygens (including phenoxy) is 1. The standard InChI is InChI=1S/C26H35N3O4/c1-21-8-11-24(33-21)19-29(18-22-6-3-2-4-7-22)25(30)20-28(26(31)23-9-10-23)13-5-12-27-14-16-32-17-15-27/h2-4,6-8,11,23H,5,9-10,12-20H2,1H3. The van der Waals surface area contributed by atoms with E-state index in [2.05, 4.69) is 4.90 Å². The van der Waals surface area contributed by atoms with Gasteiger partial charge in [0.1, 0.15) is 11.5 Å². The van der Waals surface area contributed by atoms with Gasteiger partial charge in [0.15, 0.2) is 0 Å². The average molecular weight is 454 g/mol. The summed E-state index contributed by atoms with van der Waals surface area (Å²) < 4.78 is 11.2. The molecule has 1 aliphatic carbocycles. The van der Waals surface area contributed by atoms with Gasteiger partial charge in [-0.1, -0.05) is 30.3 Å². The first-order valence-corrected chi connectivity index (χ1v) is 12.0. The second-order valence-corrected chi connectivity index (χ2v) is 9.09. The van der Waals surface area contributed by atoms with Crippen molar-refractivity contribution in [1.29, 1.82) is 0 Å². The van der Waals surface area contributed by atoms with Gasteiger partial charge < -0.3 is 19.0 Å². The number of amides is 2. The first-order chi connectivity index (χ1) is 16.1. The Morgan fingerprint density at radius 2 is 1.76 bits per heavy atom. The molecule has 1 aromatic carbocycles. The predicted octanol–water partition coefficient (Wildman–Crippen LogP) is 3.08. The van der Waals surface area contributed by atoms with E-state index in [0.717, 1.165) is 69.2 Å². The zero-order valence-electron chi connectivity index (χ0n) is 19.6. The Kier molecular flexibility index (Phi) is 8.18. The number of carbonyl (C=O) groups is 2. The third-order valence-electron chi connectivity index (χ3n) is 6.28. The zero-order chi connectivity index (χ0) is 23.0. The van der Waals surface area contributed by atoms with Crippen molar-refractivity contribution in [2.24, 2.45) is 5.92 Å². The van der Waals surface area contributed by atoms with Crippen LogP contribution in [0.15, 0.2) is 46.9 Å². The lowest BCUT2D eigenvalue weighted by Gasteiger charge is -2.30. The van der Waals surface area contributed by atoms with E-state index in [1.54, 1.807) is 9.80 Å². The van der Waals surface area contributed by atoms with Crippen molar-refractivity contribution in [3.05, 3.63) is 59.5 Å². The Labute approximate surface area is 196 Å². The average Bonchev–Trinajstić information content (AvgIpc) is 3.60. The van der Waals surface area contributed by atoms with Gasteiger partial charge in [-0.3, -0.25) is 14.5 Å². The van der Waals surface area contributed by atoms with Crippen molar-refractivity contribution in [2.75, 3.05) is 45.9 Å². The Morgan fingerprint density at radius 1 is 1.00 bits per heavy atom. The van der Waals surface area contributed by atoms with Crippen LogP contribution in [0, 0.1) is 12.8 Å². The minimum atomic E-state index is -0.0479. The fourth-order valence-corrected chi connectivity index (χ4v) is 4.22. The van der Waals surface area contributed by atoms with Gasteiger partial charge >= 0.3 is 0 Å². The number of hydrogen-bond donors (Lipinski definition) is 0. The van der Waals surface area contributed by atoms with Crippen LogP contribution in [-0.2, 0) is 27.4 Å².